The van der Waals surface area contributed by atoms with E-state index in [1.54, 1.807) is 0 Å². The molecule has 0 amide bonds. The van der Waals surface area contributed by atoms with Crippen LogP contribution >= 0.6 is 0 Å². The number of anilines is 6. The Morgan fingerprint density at radius 1 is 0.344 bits per heavy atom. The first-order valence-electron chi connectivity index (χ1n) is 21.2. The monoisotopic (exact) mass is 780 g/mol. The lowest BCUT2D eigenvalue weighted by molar-refractivity contribution is 0.632. The standard InChI is InChI=1S/C59H44N2/c1-59(2)54-29-13-14-30-56(54)61(58-52-28-12-11-18-42(52)33-35-53(58)48-32-31-41-17-9-10-19-43(41)38-48)57-40-47(34-36-55(57)59)45-21-15-20-44(37-45)46-22-16-27-51(39-46)60(49-23-5-3-6-24-49)50-25-7-4-8-26-50/h3-40H,1-2H3. The average molecular weight is 781 g/mol. The molecule has 0 radical (unpaired) electrons. The zero-order valence-electron chi connectivity index (χ0n) is 34.3. The molecule has 1 heterocycles. The molecule has 10 aromatic carbocycles. The minimum absolute atomic E-state index is 0.222. The van der Waals surface area contributed by atoms with Gasteiger partial charge in [0.2, 0.25) is 0 Å². The Morgan fingerprint density at radius 2 is 0.885 bits per heavy atom. The van der Waals surface area contributed by atoms with Crippen LogP contribution in [-0.4, -0.2) is 0 Å². The predicted molar refractivity (Wildman–Crippen MR) is 259 cm³/mol. The fourth-order valence-electron chi connectivity index (χ4n) is 9.53. The fraction of sp³-hybridized carbons (Fsp3) is 0.0508. The molecule has 11 rings (SSSR count). The lowest BCUT2D eigenvalue weighted by atomic mass is 9.73. The van der Waals surface area contributed by atoms with Crippen molar-refractivity contribution in [1.82, 2.24) is 0 Å². The molecule has 1 aliphatic rings. The fourth-order valence-corrected chi connectivity index (χ4v) is 9.53. The minimum Gasteiger partial charge on any atom is -0.310 e. The zero-order chi connectivity index (χ0) is 40.9. The maximum atomic E-state index is 2.56. The van der Waals surface area contributed by atoms with E-state index >= 15 is 0 Å². The maximum absolute atomic E-state index is 2.56. The van der Waals surface area contributed by atoms with Crippen molar-refractivity contribution in [3.63, 3.8) is 0 Å². The Labute approximate surface area is 358 Å². The van der Waals surface area contributed by atoms with E-state index in [4.69, 9.17) is 0 Å². The molecule has 2 heteroatoms. The second kappa shape index (κ2) is 14.9. The van der Waals surface area contributed by atoms with Crippen LogP contribution in [0.2, 0.25) is 0 Å². The van der Waals surface area contributed by atoms with E-state index in [0.29, 0.717) is 0 Å². The highest BCUT2D eigenvalue weighted by Crippen LogP contribution is 2.55. The molecule has 0 fully saturated rings. The Morgan fingerprint density at radius 3 is 1.64 bits per heavy atom. The highest BCUT2D eigenvalue weighted by molar-refractivity contribution is 6.08. The highest BCUT2D eigenvalue weighted by Gasteiger charge is 2.38. The smallest absolute Gasteiger partial charge is 0.0618 e. The van der Waals surface area contributed by atoms with Gasteiger partial charge in [-0.15, -0.1) is 0 Å². The Kier molecular flexibility index (Phi) is 8.86. The van der Waals surface area contributed by atoms with Gasteiger partial charge in [-0.05, 0) is 116 Å². The van der Waals surface area contributed by atoms with Crippen molar-refractivity contribution in [2.45, 2.75) is 19.3 Å². The molecule has 0 bridgehead atoms. The number of benzene rings is 10. The summed E-state index contributed by atoms with van der Waals surface area (Å²) in [5.41, 5.74) is 16.5. The number of nitrogens with zero attached hydrogens (tertiary/aromatic N) is 2. The van der Waals surface area contributed by atoms with Gasteiger partial charge in [0.25, 0.3) is 0 Å². The molecule has 10 aromatic rings. The van der Waals surface area contributed by atoms with Gasteiger partial charge >= 0.3 is 0 Å². The Balaban J connectivity index is 1.07. The third-order valence-electron chi connectivity index (χ3n) is 12.6. The first-order valence-corrected chi connectivity index (χ1v) is 21.2. The van der Waals surface area contributed by atoms with Gasteiger partial charge in [-0.25, -0.2) is 0 Å². The molecule has 61 heavy (non-hydrogen) atoms. The van der Waals surface area contributed by atoms with Gasteiger partial charge in [-0.2, -0.15) is 0 Å². The van der Waals surface area contributed by atoms with Crippen LogP contribution in [0.5, 0.6) is 0 Å². The van der Waals surface area contributed by atoms with Gasteiger partial charge in [0.05, 0.1) is 17.1 Å². The molecule has 290 valence electrons. The van der Waals surface area contributed by atoms with E-state index < -0.39 is 0 Å². The summed E-state index contributed by atoms with van der Waals surface area (Å²) >= 11 is 0. The van der Waals surface area contributed by atoms with E-state index in [1.165, 1.54) is 83.1 Å². The molecular formula is C59H44N2. The number of rotatable bonds is 7. The summed E-state index contributed by atoms with van der Waals surface area (Å²) in [6, 6.07) is 84.2. The summed E-state index contributed by atoms with van der Waals surface area (Å²) in [6.45, 7) is 4.74. The number of fused-ring (bicyclic) bond motifs is 4. The summed E-state index contributed by atoms with van der Waals surface area (Å²) in [5, 5.41) is 4.92. The highest BCUT2D eigenvalue weighted by atomic mass is 15.2. The van der Waals surface area contributed by atoms with Gasteiger partial charge < -0.3 is 9.80 Å². The zero-order valence-corrected chi connectivity index (χ0v) is 34.3. The lowest BCUT2D eigenvalue weighted by Crippen LogP contribution is -2.31. The van der Waals surface area contributed by atoms with Crippen LogP contribution in [0.4, 0.5) is 34.1 Å². The number of para-hydroxylation sites is 3. The van der Waals surface area contributed by atoms with Gasteiger partial charge in [0.1, 0.15) is 0 Å². The van der Waals surface area contributed by atoms with E-state index in [0.717, 1.165) is 17.1 Å². The van der Waals surface area contributed by atoms with Crippen LogP contribution in [0.1, 0.15) is 25.0 Å². The topological polar surface area (TPSA) is 6.48 Å². The molecule has 0 saturated carbocycles. The van der Waals surface area contributed by atoms with Crippen molar-refractivity contribution in [1.29, 1.82) is 0 Å². The first-order chi connectivity index (χ1) is 30.0. The minimum atomic E-state index is -0.222. The number of hydrogen-bond donors (Lipinski definition) is 0. The quantitative estimate of drug-likeness (QED) is 0.159. The van der Waals surface area contributed by atoms with Gasteiger partial charge in [-0.3, -0.25) is 0 Å². The second-order valence-electron chi connectivity index (χ2n) is 16.6. The van der Waals surface area contributed by atoms with E-state index in [2.05, 4.69) is 254 Å². The second-order valence-corrected chi connectivity index (χ2v) is 16.6. The normalized spacial score (nSPS) is 12.9. The number of hydrogen-bond acceptors (Lipinski definition) is 2. The molecule has 2 nitrogen and oxygen atoms in total. The van der Waals surface area contributed by atoms with Crippen LogP contribution in [0.3, 0.4) is 0 Å². The van der Waals surface area contributed by atoms with Crippen molar-refractivity contribution >= 4 is 55.7 Å². The Hall–Kier alpha value is -7.68. The predicted octanol–water partition coefficient (Wildman–Crippen LogP) is 16.6. The summed E-state index contributed by atoms with van der Waals surface area (Å²) in [4.78, 5) is 4.88. The lowest BCUT2D eigenvalue weighted by Gasteiger charge is -2.43. The average Bonchev–Trinajstić information content (AvgIpc) is 3.32. The van der Waals surface area contributed by atoms with Crippen molar-refractivity contribution in [2.24, 2.45) is 0 Å². The van der Waals surface area contributed by atoms with Crippen LogP contribution in [0.25, 0.3) is 54.9 Å². The molecule has 0 aromatic heterocycles. The summed E-state index contributed by atoms with van der Waals surface area (Å²) in [5.74, 6) is 0. The molecule has 0 saturated heterocycles. The molecule has 0 spiro atoms. The molecule has 0 atom stereocenters. The van der Waals surface area contributed by atoms with Crippen molar-refractivity contribution in [3.05, 3.63) is 242 Å². The largest absolute Gasteiger partial charge is 0.310 e. The SMILES string of the molecule is CC1(C)c2ccccc2N(c2c(-c3ccc4ccccc4c3)ccc3ccccc23)c2cc(-c3cccc(-c4cccc(N(c5ccccc5)c5ccccc5)c4)c3)ccc21. The molecule has 0 aliphatic carbocycles. The van der Waals surface area contributed by atoms with Crippen LogP contribution < -0.4 is 9.80 Å². The first kappa shape index (κ1) is 36.4. The van der Waals surface area contributed by atoms with Crippen LogP contribution in [0.15, 0.2) is 231 Å². The van der Waals surface area contributed by atoms with E-state index in [9.17, 15) is 0 Å². The summed E-state index contributed by atoms with van der Waals surface area (Å²) < 4.78 is 0. The summed E-state index contributed by atoms with van der Waals surface area (Å²) in [7, 11) is 0. The van der Waals surface area contributed by atoms with Gasteiger partial charge in [-0.1, -0.05) is 184 Å². The van der Waals surface area contributed by atoms with E-state index in [-0.39, 0.29) is 5.41 Å². The van der Waals surface area contributed by atoms with Crippen molar-refractivity contribution < 1.29 is 0 Å². The molecule has 0 N–H and O–H groups in total. The molecule has 1 aliphatic heterocycles. The molecular weight excluding hydrogens is 737 g/mol. The molecule has 0 unspecified atom stereocenters. The third-order valence-corrected chi connectivity index (χ3v) is 12.6. The van der Waals surface area contributed by atoms with Gasteiger partial charge in [0.15, 0.2) is 0 Å². The maximum Gasteiger partial charge on any atom is 0.0618 e. The van der Waals surface area contributed by atoms with E-state index in [1.807, 2.05) is 0 Å². The van der Waals surface area contributed by atoms with Crippen LogP contribution in [0, 0.1) is 0 Å². The van der Waals surface area contributed by atoms with Crippen LogP contribution in [-0.2, 0) is 5.41 Å². The third kappa shape index (κ3) is 6.36. The van der Waals surface area contributed by atoms with Crippen molar-refractivity contribution in [2.75, 3.05) is 9.80 Å². The summed E-state index contributed by atoms with van der Waals surface area (Å²) in [6.07, 6.45) is 0. The van der Waals surface area contributed by atoms with Crippen molar-refractivity contribution in [3.8, 4) is 33.4 Å². The Bertz CT molecular complexity index is 3200. The van der Waals surface area contributed by atoms with Gasteiger partial charge in [0, 0.05) is 33.4 Å².